The quantitative estimate of drug-likeness (QED) is 0.712. The molecular formula is C13H14ClNS. The summed E-state index contributed by atoms with van der Waals surface area (Å²) in [5.74, 6) is 0. The van der Waals surface area contributed by atoms with Gasteiger partial charge in [0.2, 0.25) is 0 Å². The molecule has 2 rings (SSSR count). The molecule has 0 saturated carbocycles. The normalized spacial score (nSPS) is 11.8. The highest BCUT2D eigenvalue weighted by molar-refractivity contribution is 7.14. The average molecular weight is 252 g/mol. The first-order chi connectivity index (χ1) is 7.47. The second kappa shape index (κ2) is 4.19. The molecule has 0 spiro atoms. The van der Waals surface area contributed by atoms with Gasteiger partial charge in [0.15, 0.2) is 4.47 Å². The number of aromatic nitrogens is 1. The van der Waals surface area contributed by atoms with Crippen LogP contribution >= 0.6 is 22.9 Å². The van der Waals surface area contributed by atoms with Crippen molar-refractivity contribution >= 4 is 22.9 Å². The van der Waals surface area contributed by atoms with Gasteiger partial charge in [0.1, 0.15) is 0 Å². The van der Waals surface area contributed by atoms with E-state index in [1.54, 1.807) is 0 Å². The number of nitrogens with zero attached hydrogens (tertiary/aromatic N) is 1. The van der Waals surface area contributed by atoms with E-state index in [1.165, 1.54) is 16.9 Å². The summed E-state index contributed by atoms with van der Waals surface area (Å²) in [6, 6.07) is 8.52. The maximum atomic E-state index is 5.82. The molecule has 0 fully saturated rings. The highest BCUT2D eigenvalue weighted by atomic mass is 35.5. The largest absolute Gasteiger partial charge is 0.225 e. The Morgan fingerprint density at radius 2 is 1.75 bits per heavy atom. The Morgan fingerprint density at radius 1 is 1.12 bits per heavy atom. The van der Waals surface area contributed by atoms with Gasteiger partial charge < -0.3 is 0 Å². The molecule has 0 aliphatic rings. The minimum absolute atomic E-state index is 0.193. The fourth-order valence-corrected chi connectivity index (χ4v) is 2.30. The SMILES string of the molecule is CC(C)(C)c1ccc(-c2csc(Cl)n2)cc1. The third-order valence-corrected chi connectivity index (χ3v) is 3.50. The van der Waals surface area contributed by atoms with Crippen LogP contribution in [-0.4, -0.2) is 4.98 Å². The molecule has 84 valence electrons. The maximum Gasteiger partial charge on any atom is 0.184 e. The Morgan fingerprint density at radius 3 is 2.19 bits per heavy atom. The Balaban J connectivity index is 2.33. The van der Waals surface area contributed by atoms with Crippen LogP contribution in [0.1, 0.15) is 26.3 Å². The first-order valence-electron chi connectivity index (χ1n) is 5.19. The van der Waals surface area contributed by atoms with Crippen LogP contribution in [0.4, 0.5) is 0 Å². The lowest BCUT2D eigenvalue weighted by atomic mass is 9.86. The summed E-state index contributed by atoms with van der Waals surface area (Å²) in [6.07, 6.45) is 0. The third-order valence-electron chi connectivity index (χ3n) is 2.52. The summed E-state index contributed by atoms with van der Waals surface area (Å²) in [5.41, 5.74) is 3.60. The molecule has 0 aliphatic heterocycles. The minimum Gasteiger partial charge on any atom is -0.225 e. The van der Waals surface area contributed by atoms with Crippen molar-refractivity contribution in [3.05, 3.63) is 39.7 Å². The van der Waals surface area contributed by atoms with Crippen LogP contribution in [0, 0.1) is 0 Å². The molecule has 0 saturated heterocycles. The van der Waals surface area contributed by atoms with E-state index in [2.05, 4.69) is 50.0 Å². The lowest BCUT2D eigenvalue weighted by molar-refractivity contribution is 0.590. The van der Waals surface area contributed by atoms with E-state index >= 15 is 0 Å². The predicted octanol–water partition coefficient (Wildman–Crippen LogP) is 4.76. The van der Waals surface area contributed by atoms with Crippen molar-refractivity contribution in [2.24, 2.45) is 0 Å². The van der Waals surface area contributed by atoms with Crippen LogP contribution in [0.2, 0.25) is 4.47 Å². The van der Waals surface area contributed by atoms with Crippen LogP contribution in [-0.2, 0) is 5.41 Å². The van der Waals surface area contributed by atoms with Crippen molar-refractivity contribution in [1.29, 1.82) is 0 Å². The number of hydrogen-bond donors (Lipinski definition) is 0. The lowest BCUT2D eigenvalue weighted by Crippen LogP contribution is -2.10. The van der Waals surface area contributed by atoms with E-state index in [0.29, 0.717) is 4.47 Å². The van der Waals surface area contributed by atoms with Gasteiger partial charge in [-0.15, -0.1) is 11.3 Å². The molecule has 2 aromatic rings. The van der Waals surface area contributed by atoms with Gasteiger partial charge in [-0.25, -0.2) is 4.98 Å². The highest BCUT2D eigenvalue weighted by Gasteiger charge is 2.13. The summed E-state index contributed by atoms with van der Waals surface area (Å²) < 4.78 is 0.592. The van der Waals surface area contributed by atoms with Gasteiger partial charge in [0, 0.05) is 10.9 Å². The van der Waals surface area contributed by atoms with Crippen LogP contribution in [0.3, 0.4) is 0 Å². The van der Waals surface area contributed by atoms with Crippen molar-refractivity contribution in [2.75, 3.05) is 0 Å². The molecule has 1 aromatic heterocycles. The number of rotatable bonds is 1. The smallest absolute Gasteiger partial charge is 0.184 e. The lowest BCUT2D eigenvalue weighted by Gasteiger charge is -2.18. The molecule has 16 heavy (non-hydrogen) atoms. The molecule has 1 aromatic carbocycles. The molecule has 0 N–H and O–H groups in total. The second-order valence-corrected chi connectivity index (χ2v) is 6.25. The topological polar surface area (TPSA) is 12.9 Å². The number of thiazole rings is 1. The molecule has 1 heterocycles. The first-order valence-corrected chi connectivity index (χ1v) is 6.44. The Labute approximate surface area is 105 Å². The van der Waals surface area contributed by atoms with Crippen molar-refractivity contribution in [3.63, 3.8) is 0 Å². The van der Waals surface area contributed by atoms with Crippen molar-refractivity contribution in [2.45, 2.75) is 26.2 Å². The Hall–Kier alpha value is -0.860. The molecule has 1 nitrogen and oxygen atoms in total. The number of hydrogen-bond acceptors (Lipinski definition) is 2. The molecular weight excluding hydrogens is 238 g/mol. The molecule has 0 atom stereocenters. The summed E-state index contributed by atoms with van der Waals surface area (Å²) in [6.45, 7) is 6.63. The number of halogens is 1. The maximum absolute atomic E-state index is 5.82. The summed E-state index contributed by atoms with van der Waals surface area (Å²) in [5, 5.41) is 1.98. The van der Waals surface area contributed by atoms with Crippen LogP contribution in [0.15, 0.2) is 29.6 Å². The molecule has 0 amide bonds. The van der Waals surface area contributed by atoms with Crippen molar-refractivity contribution in [3.8, 4) is 11.3 Å². The zero-order valence-corrected chi connectivity index (χ0v) is 11.2. The predicted molar refractivity (Wildman–Crippen MR) is 71.3 cm³/mol. The first kappa shape index (κ1) is 11.6. The van der Waals surface area contributed by atoms with Gasteiger partial charge >= 0.3 is 0 Å². The third kappa shape index (κ3) is 2.45. The second-order valence-electron chi connectivity index (χ2n) is 4.81. The van der Waals surface area contributed by atoms with Crippen LogP contribution < -0.4 is 0 Å². The van der Waals surface area contributed by atoms with Crippen molar-refractivity contribution in [1.82, 2.24) is 4.98 Å². The van der Waals surface area contributed by atoms with Gasteiger partial charge in [-0.2, -0.15) is 0 Å². The molecule has 0 radical (unpaired) electrons. The fraction of sp³-hybridized carbons (Fsp3) is 0.308. The monoisotopic (exact) mass is 251 g/mol. The van der Waals surface area contributed by atoms with Gasteiger partial charge in [-0.05, 0) is 11.0 Å². The standard InChI is InChI=1S/C13H14ClNS/c1-13(2,3)10-6-4-9(5-7-10)11-8-16-12(14)15-11/h4-8H,1-3H3. The average Bonchev–Trinajstić information content (AvgIpc) is 2.64. The molecule has 3 heteroatoms. The van der Waals surface area contributed by atoms with Gasteiger partial charge in [0.05, 0.1) is 5.69 Å². The van der Waals surface area contributed by atoms with Gasteiger partial charge in [-0.3, -0.25) is 0 Å². The molecule has 0 aliphatic carbocycles. The van der Waals surface area contributed by atoms with E-state index < -0.39 is 0 Å². The van der Waals surface area contributed by atoms with Crippen molar-refractivity contribution < 1.29 is 0 Å². The van der Waals surface area contributed by atoms with E-state index in [1.807, 2.05) is 5.38 Å². The highest BCUT2D eigenvalue weighted by Crippen LogP contribution is 2.27. The van der Waals surface area contributed by atoms with E-state index in [9.17, 15) is 0 Å². The fourth-order valence-electron chi connectivity index (χ4n) is 1.53. The molecule has 0 bridgehead atoms. The summed E-state index contributed by atoms with van der Waals surface area (Å²) in [4.78, 5) is 4.26. The van der Waals surface area contributed by atoms with Crippen LogP contribution in [0.5, 0.6) is 0 Å². The number of benzene rings is 1. The minimum atomic E-state index is 0.193. The van der Waals surface area contributed by atoms with E-state index in [-0.39, 0.29) is 5.41 Å². The molecule has 0 unspecified atom stereocenters. The zero-order chi connectivity index (χ0) is 11.8. The summed E-state index contributed by atoms with van der Waals surface area (Å²) in [7, 11) is 0. The van der Waals surface area contributed by atoms with Gasteiger partial charge in [0.25, 0.3) is 0 Å². The van der Waals surface area contributed by atoms with E-state index in [0.717, 1.165) is 11.3 Å². The van der Waals surface area contributed by atoms with Crippen LogP contribution in [0.25, 0.3) is 11.3 Å². The van der Waals surface area contributed by atoms with E-state index in [4.69, 9.17) is 11.6 Å². The Kier molecular flexibility index (Phi) is 3.04. The van der Waals surface area contributed by atoms with Gasteiger partial charge in [-0.1, -0.05) is 56.6 Å². The Bertz CT molecular complexity index is 479. The zero-order valence-electron chi connectivity index (χ0n) is 9.62. The summed E-state index contributed by atoms with van der Waals surface area (Å²) >= 11 is 7.28.